The van der Waals surface area contributed by atoms with Crippen LogP contribution in [0.5, 0.6) is 0 Å². The lowest BCUT2D eigenvalue weighted by molar-refractivity contribution is 0.0698. The van der Waals surface area contributed by atoms with E-state index in [1.165, 1.54) is 12.1 Å². The van der Waals surface area contributed by atoms with Gasteiger partial charge in [0.05, 0.1) is 27.0 Å². The molecule has 0 aliphatic heterocycles. The summed E-state index contributed by atoms with van der Waals surface area (Å²) >= 11 is 11.7. The van der Waals surface area contributed by atoms with E-state index in [1.807, 2.05) is 0 Å². The van der Waals surface area contributed by atoms with E-state index in [0.717, 1.165) is 10.7 Å². The number of carbonyl (C=O) groups is 2. The molecule has 0 aliphatic rings. The SMILES string of the molecule is Nc1cc(C(=O)Nc2cc(Cl)c(Cl)cc2C(=O)O)nn2nnnc12. The monoisotopic (exact) mass is 367 g/mol. The van der Waals surface area contributed by atoms with Crippen molar-refractivity contribution in [3.05, 3.63) is 39.5 Å². The number of aromatic carboxylic acids is 1. The molecule has 4 N–H and O–H groups in total. The number of carboxylic acid groups (broad SMARTS) is 1. The van der Waals surface area contributed by atoms with E-state index in [4.69, 9.17) is 28.9 Å². The molecule has 3 rings (SSSR count). The Kier molecular flexibility index (Phi) is 3.91. The number of nitrogens with two attached hydrogens (primary N) is 1. The second-order valence-corrected chi connectivity index (χ2v) is 5.36. The van der Waals surface area contributed by atoms with Crippen LogP contribution in [0.4, 0.5) is 11.4 Å². The highest BCUT2D eigenvalue weighted by atomic mass is 35.5. The molecule has 0 bridgehead atoms. The van der Waals surface area contributed by atoms with Crippen molar-refractivity contribution >= 4 is 52.1 Å². The number of nitrogen functional groups attached to an aromatic ring is 1. The van der Waals surface area contributed by atoms with Crippen molar-refractivity contribution in [2.24, 2.45) is 0 Å². The van der Waals surface area contributed by atoms with Crippen LogP contribution in [-0.4, -0.2) is 42.2 Å². The molecule has 0 fully saturated rings. The highest BCUT2D eigenvalue weighted by Crippen LogP contribution is 2.29. The smallest absolute Gasteiger partial charge is 0.337 e. The topological polar surface area (TPSA) is 148 Å². The molecule has 0 radical (unpaired) electrons. The number of tetrazole rings is 1. The van der Waals surface area contributed by atoms with Crippen molar-refractivity contribution in [2.75, 3.05) is 11.1 Å². The van der Waals surface area contributed by atoms with Crippen LogP contribution in [0.2, 0.25) is 10.0 Å². The molecule has 1 amide bonds. The molecule has 2 aromatic heterocycles. The zero-order chi connectivity index (χ0) is 17.4. The summed E-state index contributed by atoms with van der Waals surface area (Å²) in [4.78, 5) is 23.6. The minimum Gasteiger partial charge on any atom is -0.478 e. The van der Waals surface area contributed by atoms with Gasteiger partial charge in [-0.15, -0.1) is 14.8 Å². The quantitative estimate of drug-likeness (QED) is 0.627. The van der Waals surface area contributed by atoms with Gasteiger partial charge in [0.25, 0.3) is 5.91 Å². The number of carboxylic acids is 1. The van der Waals surface area contributed by atoms with Gasteiger partial charge in [-0.05, 0) is 28.6 Å². The van der Waals surface area contributed by atoms with Crippen molar-refractivity contribution in [1.29, 1.82) is 0 Å². The van der Waals surface area contributed by atoms with Crippen LogP contribution in [0.15, 0.2) is 18.2 Å². The standard InChI is InChI=1S/C12H7Cl2N7O3/c13-5-1-4(12(23)24)8(2-6(5)14)16-11(22)9-3-7(15)10-17-19-20-21(10)18-9/h1-3H,15H2,(H,16,22)(H,23,24). The largest absolute Gasteiger partial charge is 0.478 e. The maximum absolute atomic E-state index is 12.3. The number of nitrogens with zero attached hydrogens (tertiary/aromatic N) is 5. The second kappa shape index (κ2) is 5.91. The van der Waals surface area contributed by atoms with E-state index in [-0.39, 0.29) is 38.3 Å². The average molecular weight is 368 g/mol. The molecule has 0 atom stereocenters. The summed E-state index contributed by atoms with van der Waals surface area (Å²) < 4.78 is 0.983. The van der Waals surface area contributed by atoms with Gasteiger partial charge in [-0.2, -0.15) is 0 Å². The maximum Gasteiger partial charge on any atom is 0.337 e. The number of nitrogens with one attached hydrogen (secondary N) is 1. The fraction of sp³-hybridized carbons (Fsp3) is 0. The zero-order valence-electron chi connectivity index (χ0n) is 11.6. The lowest BCUT2D eigenvalue weighted by Crippen LogP contribution is -2.18. The van der Waals surface area contributed by atoms with E-state index in [2.05, 4.69) is 25.9 Å². The predicted molar refractivity (Wildman–Crippen MR) is 84.4 cm³/mol. The van der Waals surface area contributed by atoms with Crippen molar-refractivity contribution in [3.8, 4) is 0 Å². The van der Waals surface area contributed by atoms with Crippen molar-refractivity contribution in [3.63, 3.8) is 0 Å². The third-order valence-electron chi connectivity index (χ3n) is 2.98. The number of rotatable bonds is 3. The first kappa shape index (κ1) is 15.9. The lowest BCUT2D eigenvalue weighted by atomic mass is 10.1. The molecule has 1 aromatic carbocycles. The number of fused-ring (bicyclic) bond motifs is 1. The number of benzene rings is 1. The Morgan fingerprint density at radius 3 is 2.62 bits per heavy atom. The normalized spacial score (nSPS) is 10.8. The number of carbonyl (C=O) groups excluding carboxylic acids is 1. The Labute approximate surface area is 143 Å². The summed E-state index contributed by atoms with van der Waals surface area (Å²) in [7, 11) is 0. The summed E-state index contributed by atoms with van der Waals surface area (Å²) in [5.74, 6) is -2.01. The Hall–Kier alpha value is -2.98. The fourth-order valence-corrected chi connectivity index (χ4v) is 2.22. The molecular formula is C12H7Cl2N7O3. The van der Waals surface area contributed by atoms with Crippen LogP contribution in [0.25, 0.3) is 5.65 Å². The van der Waals surface area contributed by atoms with Gasteiger partial charge in [0.15, 0.2) is 5.69 Å². The molecule has 2 heterocycles. The van der Waals surface area contributed by atoms with E-state index in [0.29, 0.717) is 0 Å². The Balaban J connectivity index is 1.99. The molecule has 24 heavy (non-hydrogen) atoms. The van der Waals surface area contributed by atoms with E-state index < -0.39 is 11.9 Å². The third-order valence-corrected chi connectivity index (χ3v) is 3.70. The van der Waals surface area contributed by atoms with Gasteiger partial charge in [-0.1, -0.05) is 23.2 Å². The van der Waals surface area contributed by atoms with Crippen molar-refractivity contribution in [2.45, 2.75) is 0 Å². The molecule has 0 spiro atoms. The first-order chi connectivity index (χ1) is 11.4. The summed E-state index contributed by atoms with van der Waals surface area (Å²) in [6, 6.07) is 3.62. The van der Waals surface area contributed by atoms with Crippen LogP contribution >= 0.6 is 23.2 Å². The number of anilines is 2. The molecule has 122 valence electrons. The van der Waals surface area contributed by atoms with Gasteiger partial charge in [0, 0.05) is 0 Å². The Morgan fingerprint density at radius 1 is 1.21 bits per heavy atom. The van der Waals surface area contributed by atoms with Crippen LogP contribution in [0.3, 0.4) is 0 Å². The number of hydrogen-bond donors (Lipinski definition) is 3. The van der Waals surface area contributed by atoms with Gasteiger partial charge < -0.3 is 16.2 Å². The fourth-order valence-electron chi connectivity index (χ4n) is 1.89. The number of hydrogen-bond acceptors (Lipinski definition) is 7. The molecule has 0 unspecified atom stereocenters. The second-order valence-electron chi connectivity index (χ2n) is 4.55. The first-order valence-corrected chi connectivity index (χ1v) is 7.01. The molecule has 0 saturated carbocycles. The first-order valence-electron chi connectivity index (χ1n) is 6.25. The van der Waals surface area contributed by atoms with Crippen LogP contribution < -0.4 is 11.1 Å². The number of aromatic nitrogens is 5. The molecule has 12 heteroatoms. The van der Waals surface area contributed by atoms with E-state index >= 15 is 0 Å². The molecular weight excluding hydrogens is 361 g/mol. The number of halogens is 2. The highest BCUT2D eigenvalue weighted by Gasteiger charge is 2.18. The van der Waals surface area contributed by atoms with Gasteiger partial charge in [0.2, 0.25) is 5.65 Å². The number of amides is 1. The van der Waals surface area contributed by atoms with E-state index in [1.54, 1.807) is 0 Å². The molecule has 0 saturated heterocycles. The average Bonchev–Trinajstić information content (AvgIpc) is 2.99. The summed E-state index contributed by atoms with van der Waals surface area (Å²) in [6.45, 7) is 0. The highest BCUT2D eigenvalue weighted by molar-refractivity contribution is 6.42. The van der Waals surface area contributed by atoms with Gasteiger partial charge >= 0.3 is 5.97 Å². The minimum atomic E-state index is -1.28. The molecule has 0 aliphatic carbocycles. The van der Waals surface area contributed by atoms with Gasteiger partial charge in [-0.25, -0.2) is 4.79 Å². The Morgan fingerprint density at radius 2 is 1.92 bits per heavy atom. The molecule has 3 aromatic rings. The third kappa shape index (κ3) is 2.79. The van der Waals surface area contributed by atoms with Crippen LogP contribution in [0, 0.1) is 0 Å². The summed E-state index contributed by atoms with van der Waals surface area (Å²) in [5.41, 5.74) is 5.67. The van der Waals surface area contributed by atoms with Crippen molar-refractivity contribution in [1.82, 2.24) is 25.3 Å². The summed E-state index contributed by atoms with van der Waals surface area (Å²) in [5, 5.41) is 26.2. The summed E-state index contributed by atoms with van der Waals surface area (Å²) in [6.07, 6.45) is 0. The van der Waals surface area contributed by atoms with Gasteiger partial charge in [0.1, 0.15) is 0 Å². The maximum atomic E-state index is 12.3. The Bertz CT molecular complexity index is 988. The van der Waals surface area contributed by atoms with Crippen LogP contribution in [0.1, 0.15) is 20.8 Å². The van der Waals surface area contributed by atoms with Crippen molar-refractivity contribution < 1.29 is 14.7 Å². The lowest BCUT2D eigenvalue weighted by Gasteiger charge is -2.10. The van der Waals surface area contributed by atoms with Gasteiger partial charge in [-0.3, -0.25) is 4.79 Å². The minimum absolute atomic E-state index is 0.0425. The van der Waals surface area contributed by atoms with E-state index in [9.17, 15) is 14.7 Å². The zero-order valence-corrected chi connectivity index (χ0v) is 13.1. The van der Waals surface area contributed by atoms with Crippen LogP contribution in [-0.2, 0) is 0 Å². The predicted octanol–water partition coefficient (Wildman–Crippen LogP) is 1.36. The molecule has 10 nitrogen and oxygen atoms in total.